The van der Waals surface area contributed by atoms with E-state index >= 15 is 0 Å². The van der Waals surface area contributed by atoms with Gasteiger partial charge in [0.25, 0.3) is 5.91 Å². The van der Waals surface area contributed by atoms with Crippen LogP contribution in [0.15, 0.2) is 24.3 Å². The Morgan fingerprint density at radius 3 is 2.45 bits per heavy atom. The predicted molar refractivity (Wildman–Crippen MR) is 79.7 cm³/mol. The van der Waals surface area contributed by atoms with Crippen molar-refractivity contribution in [3.05, 3.63) is 29.8 Å². The van der Waals surface area contributed by atoms with Crippen LogP contribution in [0.25, 0.3) is 0 Å². The number of rotatable bonds is 3. The minimum absolute atomic E-state index is 0.0123. The summed E-state index contributed by atoms with van der Waals surface area (Å²) in [6.45, 7) is 1.59. The van der Waals surface area contributed by atoms with E-state index in [-0.39, 0.29) is 24.8 Å². The van der Waals surface area contributed by atoms with Crippen molar-refractivity contribution < 1.29 is 19.5 Å². The Morgan fingerprint density at radius 1 is 1.14 bits per heavy atom. The topological polar surface area (TPSA) is 77.9 Å². The number of para-hydroxylation sites is 1. The van der Waals surface area contributed by atoms with Gasteiger partial charge in [-0.1, -0.05) is 12.1 Å². The van der Waals surface area contributed by atoms with Gasteiger partial charge in [-0.15, -0.1) is 0 Å². The molecule has 2 amide bonds. The number of benzene rings is 1. The average Bonchev–Trinajstić information content (AvgIpc) is 3.16. The van der Waals surface area contributed by atoms with Gasteiger partial charge in [-0.05, 0) is 25.0 Å². The van der Waals surface area contributed by atoms with Gasteiger partial charge in [0, 0.05) is 26.1 Å². The number of likely N-dealkylation sites (tertiary alicyclic amines) is 1. The van der Waals surface area contributed by atoms with Gasteiger partial charge in [0.05, 0.1) is 17.2 Å². The summed E-state index contributed by atoms with van der Waals surface area (Å²) in [5.74, 6) is -2.00. The molecule has 0 bridgehead atoms. The Morgan fingerprint density at radius 2 is 1.82 bits per heavy atom. The van der Waals surface area contributed by atoms with Gasteiger partial charge in [-0.25, -0.2) is 0 Å². The maximum absolute atomic E-state index is 12.6. The summed E-state index contributed by atoms with van der Waals surface area (Å²) in [4.78, 5) is 39.1. The van der Waals surface area contributed by atoms with Crippen LogP contribution < -0.4 is 4.90 Å². The van der Waals surface area contributed by atoms with E-state index in [9.17, 15) is 14.4 Å². The first kappa shape index (κ1) is 14.6. The Bertz CT molecular complexity index is 622. The Balaban J connectivity index is 1.90. The number of hydrogen-bond acceptors (Lipinski definition) is 3. The van der Waals surface area contributed by atoms with Crippen molar-refractivity contribution in [2.75, 3.05) is 24.5 Å². The second kappa shape index (κ2) is 5.79. The molecule has 0 spiro atoms. The van der Waals surface area contributed by atoms with Crippen LogP contribution in [0.1, 0.15) is 29.6 Å². The monoisotopic (exact) mass is 302 g/mol. The van der Waals surface area contributed by atoms with Crippen LogP contribution >= 0.6 is 0 Å². The van der Waals surface area contributed by atoms with E-state index in [0.29, 0.717) is 11.3 Å². The molecule has 1 atom stereocenters. The van der Waals surface area contributed by atoms with Gasteiger partial charge in [0.2, 0.25) is 5.91 Å². The van der Waals surface area contributed by atoms with Crippen LogP contribution in [0, 0.1) is 5.92 Å². The molecule has 6 nitrogen and oxygen atoms in total. The summed E-state index contributed by atoms with van der Waals surface area (Å²) >= 11 is 0. The summed E-state index contributed by atoms with van der Waals surface area (Å²) in [6, 6.07) is 6.95. The first-order valence-electron chi connectivity index (χ1n) is 7.49. The third kappa shape index (κ3) is 2.56. The minimum Gasteiger partial charge on any atom is -0.481 e. The molecule has 1 aromatic carbocycles. The summed E-state index contributed by atoms with van der Waals surface area (Å²) in [7, 11) is 0. The molecule has 2 aliphatic rings. The number of hydrogen-bond donors (Lipinski definition) is 1. The SMILES string of the molecule is O=C(O)C1CC(=O)N(c2ccccc2C(=O)N2CCCC2)C1. The van der Waals surface area contributed by atoms with Crippen molar-refractivity contribution in [2.45, 2.75) is 19.3 Å². The molecule has 0 saturated carbocycles. The van der Waals surface area contributed by atoms with Crippen molar-refractivity contribution >= 4 is 23.5 Å². The van der Waals surface area contributed by atoms with Gasteiger partial charge < -0.3 is 14.9 Å². The molecule has 1 N–H and O–H groups in total. The summed E-state index contributed by atoms with van der Waals surface area (Å²) < 4.78 is 0. The molecule has 0 radical (unpaired) electrons. The van der Waals surface area contributed by atoms with Crippen LogP contribution in [-0.4, -0.2) is 47.4 Å². The molecule has 22 heavy (non-hydrogen) atoms. The molecule has 2 saturated heterocycles. The number of amides is 2. The van der Waals surface area contributed by atoms with E-state index in [1.807, 2.05) is 0 Å². The van der Waals surface area contributed by atoms with Gasteiger partial charge in [0.1, 0.15) is 0 Å². The molecule has 0 aromatic heterocycles. The van der Waals surface area contributed by atoms with E-state index < -0.39 is 11.9 Å². The van der Waals surface area contributed by atoms with Crippen molar-refractivity contribution in [3.63, 3.8) is 0 Å². The van der Waals surface area contributed by atoms with E-state index in [4.69, 9.17) is 5.11 Å². The quantitative estimate of drug-likeness (QED) is 0.914. The van der Waals surface area contributed by atoms with Gasteiger partial charge in [0.15, 0.2) is 0 Å². The zero-order valence-corrected chi connectivity index (χ0v) is 12.2. The molecule has 6 heteroatoms. The lowest BCUT2D eigenvalue weighted by Gasteiger charge is -2.22. The molecule has 2 heterocycles. The fraction of sp³-hybridized carbons (Fsp3) is 0.438. The highest BCUT2D eigenvalue weighted by atomic mass is 16.4. The molecule has 3 rings (SSSR count). The first-order valence-corrected chi connectivity index (χ1v) is 7.49. The fourth-order valence-electron chi connectivity index (χ4n) is 3.09. The zero-order chi connectivity index (χ0) is 15.7. The standard InChI is InChI=1S/C16H18N2O4/c19-14-9-11(16(21)22)10-18(14)13-6-2-1-5-12(13)15(20)17-7-3-4-8-17/h1-2,5-6,11H,3-4,7-10H2,(H,21,22). The highest BCUT2D eigenvalue weighted by molar-refractivity contribution is 6.06. The Hall–Kier alpha value is -2.37. The maximum atomic E-state index is 12.6. The Kier molecular flexibility index (Phi) is 3.83. The van der Waals surface area contributed by atoms with Gasteiger partial charge in [-0.2, -0.15) is 0 Å². The molecule has 1 unspecified atom stereocenters. The normalized spacial score (nSPS) is 21.5. The summed E-state index contributed by atoms with van der Waals surface area (Å²) in [5.41, 5.74) is 0.997. The number of carbonyl (C=O) groups excluding carboxylic acids is 2. The number of anilines is 1. The number of nitrogens with zero attached hydrogens (tertiary/aromatic N) is 2. The van der Waals surface area contributed by atoms with Crippen molar-refractivity contribution in [1.82, 2.24) is 4.90 Å². The van der Waals surface area contributed by atoms with Crippen molar-refractivity contribution in [3.8, 4) is 0 Å². The largest absolute Gasteiger partial charge is 0.481 e. The average molecular weight is 302 g/mol. The highest BCUT2D eigenvalue weighted by Gasteiger charge is 2.37. The van der Waals surface area contributed by atoms with E-state index in [1.54, 1.807) is 29.2 Å². The summed E-state index contributed by atoms with van der Waals surface area (Å²) in [6.07, 6.45) is 1.98. The van der Waals surface area contributed by atoms with Crippen molar-refractivity contribution in [1.29, 1.82) is 0 Å². The van der Waals surface area contributed by atoms with Gasteiger partial charge in [-0.3, -0.25) is 14.4 Å². The molecule has 1 aromatic rings. The molecule has 2 aliphatic heterocycles. The molecule has 116 valence electrons. The van der Waals surface area contributed by atoms with Crippen LogP contribution in [0.4, 0.5) is 5.69 Å². The van der Waals surface area contributed by atoms with Crippen LogP contribution in [0.5, 0.6) is 0 Å². The molecular formula is C16H18N2O4. The summed E-state index contributed by atoms with van der Waals surface area (Å²) in [5, 5.41) is 9.09. The molecule has 2 fully saturated rings. The number of carbonyl (C=O) groups is 3. The first-order chi connectivity index (χ1) is 10.6. The fourth-order valence-corrected chi connectivity index (χ4v) is 3.09. The van der Waals surface area contributed by atoms with Crippen LogP contribution in [0.3, 0.4) is 0 Å². The van der Waals surface area contributed by atoms with E-state index in [0.717, 1.165) is 25.9 Å². The number of aliphatic carboxylic acids is 1. The van der Waals surface area contributed by atoms with Crippen molar-refractivity contribution in [2.24, 2.45) is 5.92 Å². The minimum atomic E-state index is -0.973. The number of carboxylic acids is 1. The molecule has 0 aliphatic carbocycles. The highest BCUT2D eigenvalue weighted by Crippen LogP contribution is 2.29. The predicted octanol–water partition coefficient (Wildman–Crippen LogP) is 1.36. The zero-order valence-electron chi connectivity index (χ0n) is 12.2. The lowest BCUT2D eigenvalue weighted by Crippen LogP contribution is -2.32. The Labute approximate surface area is 128 Å². The van der Waals surface area contributed by atoms with Gasteiger partial charge >= 0.3 is 5.97 Å². The third-order valence-electron chi connectivity index (χ3n) is 4.29. The van der Waals surface area contributed by atoms with E-state index in [2.05, 4.69) is 0 Å². The lowest BCUT2D eigenvalue weighted by molar-refractivity contribution is -0.141. The maximum Gasteiger partial charge on any atom is 0.308 e. The smallest absolute Gasteiger partial charge is 0.308 e. The van der Waals surface area contributed by atoms with E-state index in [1.165, 1.54) is 4.90 Å². The number of carboxylic acid groups (broad SMARTS) is 1. The lowest BCUT2D eigenvalue weighted by atomic mass is 10.1. The third-order valence-corrected chi connectivity index (χ3v) is 4.29. The van der Waals surface area contributed by atoms with Crippen LogP contribution in [-0.2, 0) is 9.59 Å². The molecular weight excluding hydrogens is 284 g/mol. The second-order valence-corrected chi connectivity index (χ2v) is 5.76. The van der Waals surface area contributed by atoms with Crippen LogP contribution in [0.2, 0.25) is 0 Å². The second-order valence-electron chi connectivity index (χ2n) is 5.76.